The third-order valence-corrected chi connectivity index (χ3v) is 3.40. The van der Waals surface area contributed by atoms with Gasteiger partial charge in [0.15, 0.2) is 0 Å². The predicted octanol–water partition coefficient (Wildman–Crippen LogP) is 3.05. The summed E-state index contributed by atoms with van der Waals surface area (Å²) in [5, 5.41) is 0. The van der Waals surface area contributed by atoms with Gasteiger partial charge in [-0.1, -0.05) is 18.2 Å². The Balaban J connectivity index is 2.03. The van der Waals surface area contributed by atoms with Crippen molar-refractivity contribution >= 4 is 16.7 Å². The SMILES string of the molecule is Cc1cc(N)cc(Cc2nc3ccccc3n2C)c1. The molecule has 2 aromatic carbocycles. The maximum absolute atomic E-state index is 5.90. The minimum Gasteiger partial charge on any atom is -0.399 e. The molecular formula is C16H17N3. The molecule has 0 radical (unpaired) electrons. The van der Waals surface area contributed by atoms with Gasteiger partial charge < -0.3 is 10.3 Å². The van der Waals surface area contributed by atoms with E-state index in [4.69, 9.17) is 5.73 Å². The molecule has 0 unspecified atom stereocenters. The topological polar surface area (TPSA) is 43.8 Å². The average Bonchev–Trinajstić information content (AvgIpc) is 2.66. The zero-order valence-electron chi connectivity index (χ0n) is 11.2. The number of hydrogen-bond acceptors (Lipinski definition) is 2. The highest BCUT2D eigenvalue weighted by Crippen LogP contribution is 2.19. The van der Waals surface area contributed by atoms with Crippen LogP contribution in [0.25, 0.3) is 11.0 Å². The van der Waals surface area contributed by atoms with Crippen LogP contribution in [0.1, 0.15) is 17.0 Å². The molecule has 1 heterocycles. The van der Waals surface area contributed by atoms with Crippen molar-refractivity contribution < 1.29 is 0 Å². The van der Waals surface area contributed by atoms with Gasteiger partial charge in [0.2, 0.25) is 0 Å². The quantitative estimate of drug-likeness (QED) is 0.711. The molecule has 3 nitrogen and oxygen atoms in total. The van der Waals surface area contributed by atoms with E-state index >= 15 is 0 Å². The summed E-state index contributed by atoms with van der Waals surface area (Å²) in [4.78, 5) is 4.69. The smallest absolute Gasteiger partial charge is 0.114 e. The van der Waals surface area contributed by atoms with Gasteiger partial charge in [0.25, 0.3) is 0 Å². The van der Waals surface area contributed by atoms with Gasteiger partial charge in [-0.15, -0.1) is 0 Å². The third kappa shape index (κ3) is 2.19. The first-order chi connectivity index (χ1) is 9.13. The minimum atomic E-state index is 0.803. The first-order valence-electron chi connectivity index (χ1n) is 6.40. The standard InChI is InChI=1S/C16H17N3/c1-11-7-12(9-13(17)8-11)10-16-18-14-5-3-4-6-15(14)19(16)2/h3-9H,10,17H2,1-2H3. The Hall–Kier alpha value is -2.29. The number of nitrogens with two attached hydrogens (primary N) is 1. The molecule has 0 fully saturated rings. The largest absolute Gasteiger partial charge is 0.399 e. The molecule has 19 heavy (non-hydrogen) atoms. The number of nitrogen functional groups attached to an aromatic ring is 1. The summed E-state index contributed by atoms with van der Waals surface area (Å²) in [7, 11) is 2.06. The van der Waals surface area contributed by atoms with Crippen LogP contribution in [0.4, 0.5) is 5.69 Å². The van der Waals surface area contributed by atoms with E-state index in [1.54, 1.807) is 0 Å². The molecular weight excluding hydrogens is 234 g/mol. The third-order valence-electron chi connectivity index (χ3n) is 3.40. The van der Waals surface area contributed by atoms with Gasteiger partial charge in [0.05, 0.1) is 11.0 Å². The zero-order chi connectivity index (χ0) is 13.4. The lowest BCUT2D eigenvalue weighted by atomic mass is 10.1. The molecule has 3 heteroatoms. The molecule has 1 aromatic heterocycles. The van der Waals surface area contributed by atoms with Crippen molar-refractivity contribution in [3.8, 4) is 0 Å². The number of imidazole rings is 1. The molecule has 3 rings (SSSR count). The maximum atomic E-state index is 5.90. The second kappa shape index (κ2) is 4.43. The fourth-order valence-electron chi connectivity index (χ4n) is 2.53. The van der Waals surface area contributed by atoms with Gasteiger partial charge in [-0.2, -0.15) is 0 Å². The lowest BCUT2D eigenvalue weighted by molar-refractivity contribution is 0.844. The lowest BCUT2D eigenvalue weighted by Crippen LogP contribution is -2.00. The Morgan fingerprint density at radius 3 is 2.68 bits per heavy atom. The fraction of sp³-hybridized carbons (Fsp3) is 0.188. The first-order valence-corrected chi connectivity index (χ1v) is 6.40. The van der Waals surface area contributed by atoms with E-state index in [-0.39, 0.29) is 0 Å². The molecule has 96 valence electrons. The normalized spacial score (nSPS) is 11.1. The van der Waals surface area contributed by atoms with Crippen molar-refractivity contribution in [3.05, 3.63) is 59.4 Å². The Bertz CT molecular complexity index is 721. The second-order valence-electron chi connectivity index (χ2n) is 5.00. The van der Waals surface area contributed by atoms with Crippen LogP contribution in [0.3, 0.4) is 0 Å². The molecule has 2 N–H and O–H groups in total. The zero-order valence-corrected chi connectivity index (χ0v) is 11.2. The van der Waals surface area contributed by atoms with Crippen LogP contribution in [-0.4, -0.2) is 9.55 Å². The van der Waals surface area contributed by atoms with Crippen molar-refractivity contribution in [2.24, 2.45) is 7.05 Å². The molecule has 0 saturated heterocycles. The summed E-state index contributed by atoms with van der Waals surface area (Å²) in [6.07, 6.45) is 0.803. The number of aryl methyl sites for hydroxylation is 2. The second-order valence-corrected chi connectivity index (χ2v) is 5.00. The van der Waals surface area contributed by atoms with Gasteiger partial charge in [0.1, 0.15) is 5.82 Å². The van der Waals surface area contributed by atoms with Crippen LogP contribution >= 0.6 is 0 Å². The van der Waals surface area contributed by atoms with Crippen LogP contribution < -0.4 is 5.73 Å². The Kier molecular flexibility index (Phi) is 2.75. The molecule has 3 aromatic rings. The van der Waals surface area contributed by atoms with Crippen molar-refractivity contribution in [1.29, 1.82) is 0 Å². The van der Waals surface area contributed by atoms with Crippen molar-refractivity contribution in [1.82, 2.24) is 9.55 Å². The number of para-hydroxylation sites is 2. The maximum Gasteiger partial charge on any atom is 0.114 e. The van der Waals surface area contributed by atoms with Gasteiger partial charge in [0, 0.05) is 19.2 Å². The summed E-state index contributed by atoms with van der Waals surface area (Å²) in [5.41, 5.74) is 11.3. The summed E-state index contributed by atoms with van der Waals surface area (Å²) in [5.74, 6) is 1.06. The Morgan fingerprint density at radius 2 is 1.95 bits per heavy atom. The number of hydrogen-bond donors (Lipinski definition) is 1. The average molecular weight is 251 g/mol. The number of aromatic nitrogens is 2. The fourth-order valence-corrected chi connectivity index (χ4v) is 2.53. The van der Waals surface area contributed by atoms with E-state index in [9.17, 15) is 0 Å². The van der Waals surface area contributed by atoms with Gasteiger partial charge in [-0.3, -0.25) is 0 Å². The van der Waals surface area contributed by atoms with Crippen molar-refractivity contribution in [2.45, 2.75) is 13.3 Å². The molecule has 0 saturated carbocycles. The molecule has 0 aliphatic heterocycles. The summed E-state index contributed by atoms with van der Waals surface area (Å²) >= 11 is 0. The number of fused-ring (bicyclic) bond motifs is 1. The van der Waals surface area contributed by atoms with E-state index in [1.165, 1.54) is 11.1 Å². The number of anilines is 1. The van der Waals surface area contributed by atoms with Gasteiger partial charge >= 0.3 is 0 Å². The number of benzene rings is 2. The molecule has 0 amide bonds. The number of rotatable bonds is 2. The van der Waals surface area contributed by atoms with Crippen LogP contribution in [0.5, 0.6) is 0 Å². The van der Waals surface area contributed by atoms with Crippen LogP contribution in [0.2, 0.25) is 0 Å². The van der Waals surface area contributed by atoms with Gasteiger partial charge in [-0.25, -0.2) is 4.98 Å². The molecule has 0 atom stereocenters. The highest BCUT2D eigenvalue weighted by molar-refractivity contribution is 5.75. The Labute approximate surface area is 112 Å². The van der Waals surface area contributed by atoms with E-state index in [2.05, 4.69) is 35.7 Å². The first kappa shape index (κ1) is 11.8. The monoisotopic (exact) mass is 251 g/mol. The lowest BCUT2D eigenvalue weighted by Gasteiger charge is -2.05. The predicted molar refractivity (Wildman–Crippen MR) is 79.1 cm³/mol. The van der Waals surface area contributed by atoms with Crippen molar-refractivity contribution in [2.75, 3.05) is 5.73 Å². The minimum absolute atomic E-state index is 0.803. The highest BCUT2D eigenvalue weighted by atomic mass is 15.1. The van der Waals surface area contributed by atoms with Crippen LogP contribution in [0.15, 0.2) is 42.5 Å². The number of nitrogens with zero attached hydrogens (tertiary/aromatic N) is 2. The molecule has 0 bridgehead atoms. The van der Waals surface area contributed by atoms with E-state index in [0.717, 1.165) is 29.0 Å². The summed E-state index contributed by atoms with van der Waals surface area (Å²) in [6.45, 7) is 2.06. The van der Waals surface area contributed by atoms with E-state index in [1.807, 2.05) is 30.3 Å². The van der Waals surface area contributed by atoms with E-state index < -0.39 is 0 Å². The molecule has 0 aliphatic rings. The molecule has 0 spiro atoms. The summed E-state index contributed by atoms with van der Waals surface area (Å²) < 4.78 is 2.15. The molecule has 0 aliphatic carbocycles. The van der Waals surface area contributed by atoms with Crippen molar-refractivity contribution in [3.63, 3.8) is 0 Å². The Morgan fingerprint density at radius 1 is 1.16 bits per heavy atom. The summed E-state index contributed by atoms with van der Waals surface area (Å²) in [6, 6.07) is 14.4. The highest BCUT2D eigenvalue weighted by Gasteiger charge is 2.08. The van der Waals surface area contributed by atoms with E-state index in [0.29, 0.717) is 0 Å². The van der Waals surface area contributed by atoms with Crippen LogP contribution in [-0.2, 0) is 13.5 Å². The van der Waals surface area contributed by atoms with Crippen LogP contribution in [0, 0.1) is 6.92 Å². The van der Waals surface area contributed by atoms with Gasteiger partial charge in [-0.05, 0) is 42.3 Å².